The smallest absolute Gasteiger partial charge is 0.237 e. The van der Waals surface area contributed by atoms with Crippen LogP contribution in [0, 0.1) is 0 Å². The Kier molecular flexibility index (Phi) is 9.01. The second kappa shape index (κ2) is 9.32. The van der Waals surface area contributed by atoms with Gasteiger partial charge in [0.05, 0.1) is 5.54 Å². The summed E-state index contributed by atoms with van der Waals surface area (Å²) < 4.78 is 0. The summed E-state index contributed by atoms with van der Waals surface area (Å²) >= 11 is 0. The van der Waals surface area contributed by atoms with Crippen molar-refractivity contribution in [2.24, 2.45) is 5.73 Å². The highest BCUT2D eigenvalue weighted by atomic mass is 16.1. The zero-order valence-electron chi connectivity index (χ0n) is 14.2. The van der Waals surface area contributed by atoms with E-state index in [1.807, 2.05) is 6.92 Å². The molecule has 0 fully saturated rings. The van der Waals surface area contributed by atoms with E-state index in [4.69, 9.17) is 5.73 Å². The van der Waals surface area contributed by atoms with E-state index in [1.54, 1.807) is 7.05 Å². The molecule has 0 heterocycles. The summed E-state index contributed by atoms with van der Waals surface area (Å²) in [6, 6.07) is 0.557. The van der Waals surface area contributed by atoms with Crippen molar-refractivity contribution in [2.75, 3.05) is 40.8 Å². The Hall–Kier alpha value is -0.650. The molecule has 0 radical (unpaired) electrons. The molecule has 1 amide bonds. The maximum absolute atomic E-state index is 11.4. The maximum atomic E-state index is 11.4. The van der Waals surface area contributed by atoms with Gasteiger partial charge in [0.1, 0.15) is 0 Å². The lowest BCUT2D eigenvalue weighted by Gasteiger charge is -2.30. The van der Waals surface area contributed by atoms with Crippen LogP contribution in [-0.2, 0) is 4.79 Å². The molecular formula is C15H34N4O. The first-order valence-electron chi connectivity index (χ1n) is 7.64. The molecule has 20 heavy (non-hydrogen) atoms. The van der Waals surface area contributed by atoms with Gasteiger partial charge in [-0.15, -0.1) is 0 Å². The highest BCUT2D eigenvalue weighted by molar-refractivity contribution is 5.84. The van der Waals surface area contributed by atoms with E-state index in [9.17, 15) is 4.79 Å². The van der Waals surface area contributed by atoms with Gasteiger partial charge in [-0.3, -0.25) is 9.69 Å². The van der Waals surface area contributed by atoms with Gasteiger partial charge in [0, 0.05) is 12.6 Å². The van der Waals surface area contributed by atoms with Crippen LogP contribution >= 0.6 is 0 Å². The number of amides is 1. The Labute approximate surface area is 124 Å². The second-order valence-corrected chi connectivity index (χ2v) is 6.14. The summed E-state index contributed by atoms with van der Waals surface area (Å²) in [6.45, 7) is 9.56. The highest BCUT2D eigenvalue weighted by Crippen LogP contribution is 2.14. The van der Waals surface area contributed by atoms with Crippen molar-refractivity contribution in [3.8, 4) is 0 Å². The van der Waals surface area contributed by atoms with Crippen molar-refractivity contribution in [3.63, 3.8) is 0 Å². The summed E-state index contributed by atoms with van der Waals surface area (Å²) in [4.78, 5) is 16.1. The third-order valence-electron chi connectivity index (χ3n) is 4.13. The third-order valence-corrected chi connectivity index (χ3v) is 4.13. The van der Waals surface area contributed by atoms with Crippen LogP contribution in [0.2, 0.25) is 0 Å². The van der Waals surface area contributed by atoms with Crippen LogP contribution in [0.15, 0.2) is 0 Å². The fourth-order valence-electron chi connectivity index (χ4n) is 2.50. The minimum absolute atomic E-state index is 0.270. The Morgan fingerprint density at radius 3 is 2.35 bits per heavy atom. The number of carbonyl (C=O) groups is 1. The van der Waals surface area contributed by atoms with E-state index in [0.717, 1.165) is 38.9 Å². The standard InChI is InChI=1S/C15H34N4O/c1-7-19(13(2)12-18(5)6)11-9-8-10-15(3,17-4)14(16)20/h13,17H,7-12H2,1-6H3,(H2,16,20). The normalized spacial score (nSPS) is 16.4. The number of likely N-dealkylation sites (N-methyl/N-ethyl adjacent to an activating group) is 3. The Morgan fingerprint density at radius 1 is 1.35 bits per heavy atom. The molecule has 3 N–H and O–H groups in total. The first-order valence-corrected chi connectivity index (χ1v) is 7.64. The van der Waals surface area contributed by atoms with Crippen LogP contribution in [0.3, 0.4) is 0 Å². The van der Waals surface area contributed by atoms with Crippen molar-refractivity contribution in [1.82, 2.24) is 15.1 Å². The SMILES string of the molecule is CCN(CCCCC(C)(NC)C(N)=O)C(C)CN(C)C. The minimum Gasteiger partial charge on any atom is -0.368 e. The lowest BCUT2D eigenvalue weighted by Crippen LogP contribution is -2.51. The lowest BCUT2D eigenvalue weighted by atomic mass is 9.94. The van der Waals surface area contributed by atoms with Crippen LogP contribution < -0.4 is 11.1 Å². The van der Waals surface area contributed by atoms with Gasteiger partial charge in [-0.1, -0.05) is 6.92 Å². The first-order chi connectivity index (χ1) is 9.26. The molecule has 0 aliphatic heterocycles. The predicted molar refractivity (Wildman–Crippen MR) is 85.8 cm³/mol. The number of rotatable bonds is 11. The zero-order chi connectivity index (χ0) is 15.8. The molecule has 0 rings (SSSR count). The molecule has 5 heteroatoms. The van der Waals surface area contributed by atoms with Crippen molar-refractivity contribution in [3.05, 3.63) is 0 Å². The van der Waals surface area contributed by atoms with E-state index < -0.39 is 5.54 Å². The molecule has 0 bridgehead atoms. The number of nitrogens with zero attached hydrogens (tertiary/aromatic N) is 2. The summed E-state index contributed by atoms with van der Waals surface area (Å²) in [5.74, 6) is -0.270. The Morgan fingerprint density at radius 2 is 1.95 bits per heavy atom. The Balaban J connectivity index is 4.11. The van der Waals surface area contributed by atoms with E-state index in [1.165, 1.54) is 0 Å². The predicted octanol–water partition coefficient (Wildman–Crippen LogP) is 0.892. The molecule has 2 unspecified atom stereocenters. The van der Waals surface area contributed by atoms with Crippen LogP contribution in [0.1, 0.15) is 40.0 Å². The summed E-state index contributed by atoms with van der Waals surface area (Å²) in [7, 11) is 6.01. The fourth-order valence-corrected chi connectivity index (χ4v) is 2.50. The van der Waals surface area contributed by atoms with Gasteiger partial charge >= 0.3 is 0 Å². The van der Waals surface area contributed by atoms with Gasteiger partial charge in [-0.2, -0.15) is 0 Å². The van der Waals surface area contributed by atoms with Crippen molar-refractivity contribution >= 4 is 5.91 Å². The molecule has 120 valence electrons. The van der Waals surface area contributed by atoms with Gasteiger partial charge in [-0.25, -0.2) is 0 Å². The molecule has 0 aliphatic rings. The quantitative estimate of drug-likeness (QED) is 0.554. The van der Waals surface area contributed by atoms with Gasteiger partial charge in [-0.05, 0) is 67.3 Å². The highest BCUT2D eigenvalue weighted by Gasteiger charge is 2.28. The largest absolute Gasteiger partial charge is 0.368 e. The molecule has 0 saturated heterocycles. The van der Waals surface area contributed by atoms with E-state index in [0.29, 0.717) is 6.04 Å². The molecule has 0 aromatic heterocycles. The first kappa shape index (κ1) is 19.4. The summed E-state index contributed by atoms with van der Waals surface area (Å²) in [5, 5.41) is 3.03. The number of unbranched alkanes of at least 4 members (excludes halogenated alkanes) is 1. The van der Waals surface area contributed by atoms with Gasteiger partial charge in [0.15, 0.2) is 0 Å². The number of carbonyl (C=O) groups excluding carboxylic acids is 1. The van der Waals surface area contributed by atoms with Crippen LogP contribution in [0.5, 0.6) is 0 Å². The molecule has 0 saturated carbocycles. The fraction of sp³-hybridized carbons (Fsp3) is 0.933. The molecule has 0 aromatic carbocycles. The monoisotopic (exact) mass is 286 g/mol. The average molecular weight is 286 g/mol. The van der Waals surface area contributed by atoms with Crippen molar-refractivity contribution in [1.29, 1.82) is 0 Å². The van der Waals surface area contributed by atoms with Gasteiger partial charge < -0.3 is 16.0 Å². The molecule has 0 spiro atoms. The van der Waals surface area contributed by atoms with E-state index in [-0.39, 0.29) is 5.91 Å². The second-order valence-electron chi connectivity index (χ2n) is 6.14. The number of hydrogen-bond donors (Lipinski definition) is 2. The van der Waals surface area contributed by atoms with Gasteiger partial charge in [0.2, 0.25) is 5.91 Å². The van der Waals surface area contributed by atoms with Crippen LogP contribution in [0.25, 0.3) is 0 Å². The number of nitrogens with two attached hydrogens (primary N) is 1. The maximum Gasteiger partial charge on any atom is 0.237 e. The van der Waals surface area contributed by atoms with E-state index >= 15 is 0 Å². The molecular weight excluding hydrogens is 252 g/mol. The summed E-state index contributed by atoms with van der Waals surface area (Å²) in [6.07, 6.45) is 2.89. The van der Waals surface area contributed by atoms with Gasteiger partial charge in [0.25, 0.3) is 0 Å². The molecule has 0 aliphatic carbocycles. The molecule has 2 atom stereocenters. The Bertz CT molecular complexity index is 283. The minimum atomic E-state index is -0.577. The van der Waals surface area contributed by atoms with E-state index in [2.05, 4.69) is 43.1 Å². The average Bonchev–Trinajstić information content (AvgIpc) is 2.37. The lowest BCUT2D eigenvalue weighted by molar-refractivity contribution is -0.123. The third kappa shape index (κ3) is 6.68. The zero-order valence-corrected chi connectivity index (χ0v) is 14.2. The topological polar surface area (TPSA) is 61.6 Å². The number of hydrogen-bond acceptors (Lipinski definition) is 4. The summed E-state index contributed by atoms with van der Waals surface area (Å²) in [5.41, 5.74) is 4.86. The van der Waals surface area contributed by atoms with Crippen molar-refractivity contribution in [2.45, 2.75) is 51.6 Å². The van der Waals surface area contributed by atoms with Crippen LogP contribution in [-0.4, -0.2) is 68.1 Å². The van der Waals surface area contributed by atoms with Crippen LogP contribution in [0.4, 0.5) is 0 Å². The molecule has 0 aromatic rings. The van der Waals surface area contributed by atoms with Crippen molar-refractivity contribution < 1.29 is 4.79 Å². The molecule has 5 nitrogen and oxygen atoms in total. The number of nitrogens with one attached hydrogen (secondary N) is 1. The number of primary amides is 1.